The van der Waals surface area contributed by atoms with Crippen LogP contribution in [0.15, 0.2) is 29.5 Å². The molecule has 0 bridgehead atoms. The molecule has 0 aliphatic rings. The van der Waals surface area contributed by atoms with Gasteiger partial charge in [0, 0.05) is 0 Å². The van der Waals surface area contributed by atoms with E-state index in [4.69, 9.17) is 15.8 Å². The van der Waals surface area contributed by atoms with E-state index in [0.29, 0.717) is 6.07 Å². The molecule has 4 nitrogen and oxygen atoms in total. The van der Waals surface area contributed by atoms with E-state index in [9.17, 15) is 17.6 Å². The lowest BCUT2D eigenvalue weighted by atomic mass is 10.1. The molecule has 8 heteroatoms. The van der Waals surface area contributed by atoms with Gasteiger partial charge in [0.2, 0.25) is 0 Å². The highest BCUT2D eigenvalue weighted by Crippen LogP contribution is 2.34. The molecule has 0 radical (unpaired) electrons. The molecule has 0 fully saturated rings. The van der Waals surface area contributed by atoms with Crippen molar-refractivity contribution in [3.63, 3.8) is 0 Å². The second-order valence-corrected chi connectivity index (χ2v) is 3.38. The van der Waals surface area contributed by atoms with Crippen molar-refractivity contribution in [2.45, 2.75) is 6.18 Å². The standard InChI is InChI=1S/C12H4F4N4/c13-11-8(12(14,15)16)2-1-3-9(11)20-10(6-19)7(4-17)5-18/h1-3,20H. The maximum absolute atomic E-state index is 13.7. The molecule has 0 atom stereocenters. The van der Waals surface area contributed by atoms with Gasteiger partial charge in [0.1, 0.15) is 23.9 Å². The van der Waals surface area contributed by atoms with Gasteiger partial charge in [-0.1, -0.05) is 6.07 Å². The second-order valence-electron chi connectivity index (χ2n) is 3.38. The van der Waals surface area contributed by atoms with Gasteiger partial charge in [0.15, 0.2) is 11.4 Å². The van der Waals surface area contributed by atoms with Gasteiger partial charge in [-0.05, 0) is 12.1 Å². The number of rotatable bonds is 2. The van der Waals surface area contributed by atoms with Gasteiger partial charge in [0.25, 0.3) is 0 Å². The third kappa shape index (κ3) is 3.04. The molecule has 0 saturated heterocycles. The van der Waals surface area contributed by atoms with Crippen LogP contribution in [0, 0.1) is 39.8 Å². The fourth-order valence-electron chi connectivity index (χ4n) is 1.27. The molecule has 1 aromatic carbocycles. The fourth-order valence-corrected chi connectivity index (χ4v) is 1.27. The normalized spacial score (nSPS) is 9.85. The first kappa shape index (κ1) is 15.0. The van der Waals surface area contributed by atoms with Gasteiger partial charge in [-0.15, -0.1) is 0 Å². The molecular formula is C12H4F4N4. The molecule has 1 N–H and O–H groups in total. The van der Waals surface area contributed by atoms with E-state index in [2.05, 4.69) is 0 Å². The average Bonchev–Trinajstić information content (AvgIpc) is 2.39. The average molecular weight is 280 g/mol. The first-order chi connectivity index (χ1) is 9.35. The number of allylic oxidation sites excluding steroid dienone is 2. The molecule has 0 saturated carbocycles. The van der Waals surface area contributed by atoms with Crippen LogP contribution in [0.1, 0.15) is 5.56 Å². The van der Waals surface area contributed by atoms with Crippen LogP contribution in [-0.4, -0.2) is 0 Å². The topological polar surface area (TPSA) is 83.4 Å². The summed E-state index contributed by atoms with van der Waals surface area (Å²) in [5, 5.41) is 27.9. The summed E-state index contributed by atoms with van der Waals surface area (Å²) in [5.41, 5.74) is -3.47. The van der Waals surface area contributed by atoms with Crippen LogP contribution in [0.4, 0.5) is 23.2 Å². The van der Waals surface area contributed by atoms with Crippen molar-refractivity contribution in [3.05, 3.63) is 40.8 Å². The molecule has 0 heterocycles. The number of anilines is 1. The van der Waals surface area contributed by atoms with Crippen molar-refractivity contribution in [1.29, 1.82) is 15.8 Å². The van der Waals surface area contributed by atoms with Crippen molar-refractivity contribution >= 4 is 5.69 Å². The number of benzene rings is 1. The monoisotopic (exact) mass is 280 g/mol. The minimum absolute atomic E-state index is 0.534. The SMILES string of the molecule is N#CC(C#N)=C(C#N)Nc1cccc(C(F)(F)F)c1F. The van der Waals surface area contributed by atoms with Gasteiger partial charge >= 0.3 is 6.18 Å². The summed E-state index contributed by atoms with van der Waals surface area (Å²) in [6.07, 6.45) is -4.90. The first-order valence-electron chi connectivity index (χ1n) is 4.92. The summed E-state index contributed by atoms with van der Waals surface area (Å²) in [7, 11) is 0. The van der Waals surface area contributed by atoms with Gasteiger partial charge < -0.3 is 5.32 Å². The molecule has 0 aromatic heterocycles. The number of halogens is 4. The quantitative estimate of drug-likeness (QED) is 0.666. The Morgan fingerprint density at radius 3 is 2.10 bits per heavy atom. The highest BCUT2D eigenvalue weighted by Gasteiger charge is 2.35. The molecule has 0 aliphatic carbocycles. The highest BCUT2D eigenvalue weighted by molar-refractivity contribution is 5.59. The number of nitriles is 3. The molecule has 0 aliphatic heterocycles. The summed E-state index contributed by atoms with van der Waals surface area (Å²) in [5.74, 6) is -1.62. The Morgan fingerprint density at radius 2 is 1.65 bits per heavy atom. The number of nitrogens with one attached hydrogen (secondary N) is 1. The zero-order valence-corrected chi connectivity index (χ0v) is 9.59. The predicted molar refractivity (Wildman–Crippen MR) is 58.9 cm³/mol. The minimum atomic E-state index is -4.90. The number of hydrogen-bond donors (Lipinski definition) is 1. The summed E-state index contributed by atoms with van der Waals surface area (Å²) < 4.78 is 51.1. The van der Waals surface area contributed by atoms with Crippen LogP contribution >= 0.6 is 0 Å². The van der Waals surface area contributed by atoms with Crippen LogP contribution in [-0.2, 0) is 6.18 Å². The van der Waals surface area contributed by atoms with Crippen molar-refractivity contribution in [1.82, 2.24) is 0 Å². The summed E-state index contributed by atoms with van der Waals surface area (Å²) >= 11 is 0. The van der Waals surface area contributed by atoms with Crippen molar-refractivity contribution in [2.75, 3.05) is 5.32 Å². The third-order valence-electron chi connectivity index (χ3n) is 2.15. The lowest BCUT2D eigenvalue weighted by molar-refractivity contribution is -0.139. The van der Waals surface area contributed by atoms with Crippen LogP contribution in [0.5, 0.6) is 0 Å². The van der Waals surface area contributed by atoms with E-state index in [-0.39, 0.29) is 0 Å². The number of hydrogen-bond acceptors (Lipinski definition) is 4. The molecule has 1 rings (SSSR count). The van der Waals surface area contributed by atoms with E-state index in [1.165, 1.54) is 18.2 Å². The fraction of sp³-hybridized carbons (Fsp3) is 0.0833. The molecule has 100 valence electrons. The van der Waals surface area contributed by atoms with Crippen molar-refractivity contribution in [3.8, 4) is 18.2 Å². The third-order valence-corrected chi connectivity index (χ3v) is 2.15. The molecular weight excluding hydrogens is 276 g/mol. The molecule has 0 unspecified atom stereocenters. The van der Waals surface area contributed by atoms with Crippen LogP contribution in [0.2, 0.25) is 0 Å². The molecule has 1 aromatic rings. The minimum Gasteiger partial charge on any atom is -0.343 e. The van der Waals surface area contributed by atoms with Crippen molar-refractivity contribution in [2.24, 2.45) is 0 Å². The van der Waals surface area contributed by atoms with Gasteiger partial charge in [0.05, 0.1) is 11.3 Å². The lowest BCUT2D eigenvalue weighted by Crippen LogP contribution is -2.11. The Labute approximate surface area is 110 Å². The van der Waals surface area contributed by atoms with Gasteiger partial charge in [-0.2, -0.15) is 29.0 Å². The smallest absolute Gasteiger partial charge is 0.343 e. The van der Waals surface area contributed by atoms with E-state index >= 15 is 0 Å². The highest BCUT2D eigenvalue weighted by atomic mass is 19.4. The van der Waals surface area contributed by atoms with E-state index in [1.54, 1.807) is 0 Å². The second kappa shape index (κ2) is 5.73. The Bertz CT molecular complexity index is 667. The van der Waals surface area contributed by atoms with Crippen molar-refractivity contribution < 1.29 is 17.6 Å². The zero-order valence-electron chi connectivity index (χ0n) is 9.59. The molecule has 0 spiro atoms. The van der Waals surface area contributed by atoms with Gasteiger partial charge in [-0.25, -0.2) is 4.39 Å². The van der Waals surface area contributed by atoms with Crippen LogP contribution < -0.4 is 5.32 Å². The molecule has 20 heavy (non-hydrogen) atoms. The van der Waals surface area contributed by atoms with Crippen LogP contribution in [0.25, 0.3) is 0 Å². The Hall–Kier alpha value is -3.05. The Kier molecular flexibility index (Phi) is 4.30. The lowest BCUT2D eigenvalue weighted by Gasteiger charge is -2.12. The largest absolute Gasteiger partial charge is 0.419 e. The Balaban J connectivity index is 3.33. The summed E-state index contributed by atoms with van der Waals surface area (Å²) in [6.45, 7) is 0. The molecule has 0 amide bonds. The van der Waals surface area contributed by atoms with E-state index in [1.807, 2.05) is 5.32 Å². The number of alkyl halides is 3. The van der Waals surface area contributed by atoms with Gasteiger partial charge in [-0.3, -0.25) is 0 Å². The van der Waals surface area contributed by atoms with E-state index in [0.717, 1.165) is 12.1 Å². The van der Waals surface area contributed by atoms with E-state index < -0.39 is 34.5 Å². The number of nitrogens with zero attached hydrogens (tertiary/aromatic N) is 3. The predicted octanol–water partition coefficient (Wildman–Crippen LogP) is 3.08. The maximum Gasteiger partial charge on any atom is 0.419 e. The summed E-state index contributed by atoms with van der Waals surface area (Å²) in [4.78, 5) is 0. The zero-order chi connectivity index (χ0) is 15.3. The summed E-state index contributed by atoms with van der Waals surface area (Å²) in [6, 6.07) is 6.58. The van der Waals surface area contributed by atoms with Crippen LogP contribution in [0.3, 0.4) is 0 Å². The first-order valence-corrected chi connectivity index (χ1v) is 4.92. The maximum atomic E-state index is 13.7. The Morgan fingerprint density at radius 1 is 1.05 bits per heavy atom.